The maximum Gasteiger partial charge on any atom is 0.418 e. The van der Waals surface area contributed by atoms with Crippen molar-refractivity contribution in [1.82, 2.24) is 4.90 Å². The van der Waals surface area contributed by atoms with E-state index in [0.717, 1.165) is 19.2 Å². The topological polar surface area (TPSA) is 32.3 Å². The first kappa shape index (κ1) is 17.8. The van der Waals surface area contributed by atoms with Gasteiger partial charge in [-0.15, -0.1) is 0 Å². The minimum absolute atomic E-state index is 0.0246. The van der Waals surface area contributed by atoms with Crippen LogP contribution in [0.15, 0.2) is 18.2 Å². The number of benzene rings is 1. The van der Waals surface area contributed by atoms with Gasteiger partial charge >= 0.3 is 6.18 Å². The Morgan fingerprint density at radius 1 is 1.29 bits per heavy atom. The predicted molar refractivity (Wildman–Crippen MR) is 77.5 cm³/mol. The van der Waals surface area contributed by atoms with Crippen LogP contribution in [0.5, 0.6) is 0 Å². The Bertz CT molecular complexity index is 488. The van der Waals surface area contributed by atoms with E-state index in [-0.39, 0.29) is 17.1 Å². The van der Waals surface area contributed by atoms with Crippen LogP contribution < -0.4 is 5.32 Å². The third kappa shape index (κ3) is 5.55. The Labute approximate surface area is 127 Å². The quantitative estimate of drug-likeness (QED) is 0.857. The van der Waals surface area contributed by atoms with Gasteiger partial charge in [-0.1, -0.05) is 25.4 Å². The molecule has 0 saturated carbocycles. The number of carbonyl (C=O) groups is 1. The monoisotopic (exact) mass is 322 g/mol. The van der Waals surface area contributed by atoms with Gasteiger partial charge in [0.15, 0.2) is 0 Å². The molecule has 0 heterocycles. The zero-order valence-corrected chi connectivity index (χ0v) is 12.7. The molecule has 3 nitrogen and oxygen atoms in total. The number of nitrogens with one attached hydrogen (secondary N) is 1. The normalized spacial score (nSPS) is 11.8. The Hall–Kier alpha value is -1.27. The first-order valence-corrected chi connectivity index (χ1v) is 7.04. The number of carbonyl (C=O) groups excluding carboxylic acids is 1. The summed E-state index contributed by atoms with van der Waals surface area (Å²) in [5.41, 5.74) is -1.21. The van der Waals surface area contributed by atoms with Crippen molar-refractivity contribution >= 4 is 23.2 Å². The van der Waals surface area contributed by atoms with Gasteiger partial charge in [-0.05, 0) is 31.3 Å². The largest absolute Gasteiger partial charge is 0.418 e. The summed E-state index contributed by atoms with van der Waals surface area (Å²) in [6, 6.07) is 3.29. The molecule has 0 unspecified atom stereocenters. The summed E-state index contributed by atoms with van der Waals surface area (Å²) >= 11 is 5.58. The number of rotatable bonds is 6. The molecule has 0 fully saturated rings. The van der Waals surface area contributed by atoms with E-state index in [0.29, 0.717) is 6.54 Å². The molecular formula is C14H18ClF3N2O. The third-order valence-electron chi connectivity index (χ3n) is 3.11. The van der Waals surface area contributed by atoms with Crippen molar-refractivity contribution < 1.29 is 18.0 Å². The summed E-state index contributed by atoms with van der Waals surface area (Å²) in [6.45, 7) is 6.01. The van der Waals surface area contributed by atoms with Crippen LogP contribution in [0.1, 0.15) is 25.8 Å². The van der Waals surface area contributed by atoms with Gasteiger partial charge in [-0.2, -0.15) is 13.2 Å². The lowest BCUT2D eigenvalue weighted by molar-refractivity contribution is -0.137. The molecule has 0 saturated heterocycles. The Balaban J connectivity index is 2.77. The number of nitrogens with zero attached hydrogens (tertiary/aromatic N) is 1. The summed E-state index contributed by atoms with van der Waals surface area (Å²) in [5, 5.41) is 2.28. The number of anilines is 1. The molecular weight excluding hydrogens is 305 g/mol. The average Bonchev–Trinajstić information content (AvgIpc) is 2.41. The second kappa shape index (κ2) is 7.66. The van der Waals surface area contributed by atoms with Crippen molar-refractivity contribution in [3.63, 3.8) is 0 Å². The van der Waals surface area contributed by atoms with Gasteiger partial charge in [0.05, 0.1) is 11.3 Å². The number of hydrogen-bond acceptors (Lipinski definition) is 2. The molecule has 0 spiro atoms. The molecule has 7 heteroatoms. The van der Waals surface area contributed by atoms with Crippen molar-refractivity contribution in [1.29, 1.82) is 0 Å². The molecule has 0 aliphatic carbocycles. The summed E-state index contributed by atoms with van der Waals surface area (Å²) in [6.07, 6.45) is -4.42. The van der Waals surface area contributed by atoms with Crippen molar-refractivity contribution in [3.05, 3.63) is 28.8 Å². The van der Waals surface area contributed by atoms with Crippen molar-refractivity contribution in [2.24, 2.45) is 0 Å². The first-order valence-electron chi connectivity index (χ1n) is 6.66. The van der Waals surface area contributed by atoms with Gasteiger partial charge in [0.2, 0.25) is 5.91 Å². The molecule has 0 aliphatic heterocycles. The maximum absolute atomic E-state index is 12.9. The first-order chi connectivity index (χ1) is 9.77. The van der Waals surface area contributed by atoms with Crippen molar-refractivity contribution in [2.45, 2.75) is 26.4 Å². The van der Waals surface area contributed by atoms with Crippen molar-refractivity contribution in [3.8, 4) is 0 Å². The summed E-state index contributed by atoms with van der Waals surface area (Å²) in [4.78, 5) is 13.8. The molecule has 0 atom stereocenters. The molecule has 21 heavy (non-hydrogen) atoms. The molecule has 0 aliphatic rings. The highest BCUT2D eigenvalue weighted by Gasteiger charge is 2.34. The maximum atomic E-state index is 12.9. The highest BCUT2D eigenvalue weighted by molar-refractivity contribution is 6.30. The van der Waals surface area contributed by atoms with Crippen LogP contribution in [0.3, 0.4) is 0 Å². The van der Waals surface area contributed by atoms with Gasteiger partial charge in [-0.25, -0.2) is 0 Å². The lowest BCUT2D eigenvalue weighted by Crippen LogP contribution is -2.27. The van der Waals surface area contributed by atoms with E-state index >= 15 is 0 Å². The number of hydrogen-bond donors (Lipinski definition) is 1. The predicted octanol–water partition coefficient (Wildman–Crippen LogP) is 4.03. The smallest absolute Gasteiger partial charge is 0.325 e. The lowest BCUT2D eigenvalue weighted by atomic mass is 10.1. The molecule has 1 rings (SSSR count). The zero-order chi connectivity index (χ0) is 16.0. The van der Waals surface area contributed by atoms with Gasteiger partial charge in [0, 0.05) is 18.0 Å². The average molecular weight is 323 g/mol. The second-order valence-electron chi connectivity index (χ2n) is 4.51. The second-order valence-corrected chi connectivity index (χ2v) is 4.95. The van der Waals surface area contributed by atoms with E-state index < -0.39 is 17.6 Å². The molecule has 1 aromatic rings. The molecule has 0 aromatic heterocycles. The number of halogens is 4. The number of alkyl halides is 3. The Morgan fingerprint density at radius 3 is 2.43 bits per heavy atom. The van der Waals surface area contributed by atoms with E-state index in [1.807, 2.05) is 18.7 Å². The Morgan fingerprint density at radius 2 is 1.90 bits per heavy atom. The van der Waals surface area contributed by atoms with Gasteiger partial charge < -0.3 is 10.2 Å². The third-order valence-corrected chi connectivity index (χ3v) is 3.35. The molecule has 1 aromatic carbocycles. The van der Waals surface area contributed by atoms with Gasteiger partial charge in [0.1, 0.15) is 0 Å². The highest BCUT2D eigenvalue weighted by Crippen LogP contribution is 2.36. The van der Waals surface area contributed by atoms with Gasteiger partial charge in [0.25, 0.3) is 0 Å². The van der Waals surface area contributed by atoms with E-state index in [2.05, 4.69) is 5.32 Å². The minimum Gasteiger partial charge on any atom is -0.325 e. The van der Waals surface area contributed by atoms with Crippen LogP contribution in [0.2, 0.25) is 5.02 Å². The fraction of sp³-hybridized carbons (Fsp3) is 0.500. The van der Waals surface area contributed by atoms with Crippen molar-refractivity contribution in [2.75, 3.05) is 25.0 Å². The lowest BCUT2D eigenvalue weighted by Gasteiger charge is -2.18. The molecule has 118 valence electrons. The molecule has 0 radical (unpaired) electrons. The van der Waals surface area contributed by atoms with E-state index in [4.69, 9.17) is 11.6 Å². The van der Waals surface area contributed by atoms with E-state index in [1.165, 1.54) is 12.1 Å². The highest BCUT2D eigenvalue weighted by atomic mass is 35.5. The van der Waals surface area contributed by atoms with Crippen LogP contribution >= 0.6 is 11.6 Å². The SMILES string of the molecule is CCN(CC)CCC(=O)Nc1ccc(Cl)cc1C(F)(F)F. The van der Waals surface area contributed by atoms with Crippen LogP contribution in [-0.2, 0) is 11.0 Å². The standard InChI is InChI=1S/C14H18ClF3N2O/c1-3-20(4-2)8-7-13(21)19-12-6-5-10(15)9-11(12)14(16,17)18/h5-6,9H,3-4,7-8H2,1-2H3,(H,19,21). The van der Waals surface area contributed by atoms with E-state index in [9.17, 15) is 18.0 Å². The fourth-order valence-corrected chi connectivity index (χ4v) is 2.04. The van der Waals surface area contributed by atoms with Crippen LogP contribution in [0.4, 0.5) is 18.9 Å². The molecule has 1 N–H and O–H groups in total. The number of amides is 1. The summed E-state index contributed by atoms with van der Waals surface area (Å²) in [5.74, 6) is -0.449. The van der Waals surface area contributed by atoms with Gasteiger partial charge in [-0.3, -0.25) is 4.79 Å². The fourth-order valence-electron chi connectivity index (χ4n) is 1.87. The van der Waals surface area contributed by atoms with Crippen LogP contribution in [0.25, 0.3) is 0 Å². The Kier molecular flexibility index (Phi) is 6.48. The minimum atomic E-state index is -4.56. The van der Waals surface area contributed by atoms with Crippen LogP contribution in [0, 0.1) is 0 Å². The van der Waals surface area contributed by atoms with Crippen LogP contribution in [-0.4, -0.2) is 30.4 Å². The van der Waals surface area contributed by atoms with E-state index in [1.54, 1.807) is 0 Å². The summed E-state index contributed by atoms with van der Waals surface area (Å²) < 4.78 is 38.7. The zero-order valence-electron chi connectivity index (χ0n) is 11.9. The summed E-state index contributed by atoms with van der Waals surface area (Å²) in [7, 11) is 0. The molecule has 1 amide bonds. The molecule has 0 bridgehead atoms.